The van der Waals surface area contributed by atoms with Crippen LogP contribution in [0.2, 0.25) is 0 Å². The highest BCUT2D eigenvalue weighted by Crippen LogP contribution is 2.43. The van der Waals surface area contributed by atoms with Crippen LogP contribution in [-0.2, 0) is 14.3 Å². The monoisotopic (exact) mass is 447 g/mol. The van der Waals surface area contributed by atoms with Gasteiger partial charge in [0.05, 0.1) is 11.5 Å². The van der Waals surface area contributed by atoms with Crippen molar-refractivity contribution in [1.82, 2.24) is 15.6 Å². The molecule has 1 fully saturated rings. The minimum atomic E-state index is -0.815. The Morgan fingerprint density at radius 3 is 2.61 bits per heavy atom. The Kier molecular flexibility index (Phi) is 8.02. The summed E-state index contributed by atoms with van der Waals surface area (Å²) in [5.41, 5.74) is 0.316. The molecule has 0 radical (unpaired) electrons. The van der Waals surface area contributed by atoms with Gasteiger partial charge in [0.1, 0.15) is 10.4 Å². The lowest BCUT2D eigenvalue weighted by Gasteiger charge is -2.30. The van der Waals surface area contributed by atoms with E-state index in [0.717, 1.165) is 46.3 Å². The molecule has 2 heterocycles. The van der Waals surface area contributed by atoms with E-state index in [1.165, 1.54) is 11.3 Å². The number of carbonyl (C=O) groups is 2. The number of rotatable bonds is 9. The molecule has 0 aliphatic heterocycles. The number of nitrogens with one attached hydrogen (secondary N) is 2. The summed E-state index contributed by atoms with van der Waals surface area (Å²) in [4.78, 5) is 31.3. The molecule has 1 aliphatic carbocycles. The number of fused-ring (bicyclic) bond motifs is 1. The van der Waals surface area contributed by atoms with E-state index >= 15 is 0 Å². The first kappa shape index (κ1) is 23.6. The topological polar surface area (TPSA) is 89.5 Å². The third-order valence-corrected chi connectivity index (χ3v) is 7.29. The van der Waals surface area contributed by atoms with Crippen molar-refractivity contribution in [1.29, 1.82) is 0 Å². The Labute approximate surface area is 187 Å². The van der Waals surface area contributed by atoms with E-state index in [9.17, 15) is 9.59 Å². The fourth-order valence-corrected chi connectivity index (χ4v) is 5.22. The summed E-state index contributed by atoms with van der Waals surface area (Å²) in [5, 5.41) is 7.08. The Bertz CT molecular complexity index is 903. The number of methoxy groups -OCH3 is 2. The standard InChI is InChI=1S/C23H33N3O4S/c1-23(2,30-4)22(28)26-14-15-7-9-16(10-8-15)18-17-6-5-11-25-21(17)31-19(18)20(27)24-12-13-29-3/h5-6,11,15-16H,7-10,12-14H2,1-4H3,(H,24,27)(H,26,28). The number of aromatic nitrogens is 1. The second-order valence-electron chi connectivity index (χ2n) is 8.59. The highest BCUT2D eigenvalue weighted by Gasteiger charge is 2.31. The minimum absolute atomic E-state index is 0.0498. The molecule has 2 aromatic rings. The van der Waals surface area contributed by atoms with Crippen LogP contribution in [0.15, 0.2) is 18.3 Å². The van der Waals surface area contributed by atoms with Gasteiger partial charge in [-0.3, -0.25) is 9.59 Å². The number of thiophene rings is 1. The van der Waals surface area contributed by atoms with E-state index < -0.39 is 5.60 Å². The van der Waals surface area contributed by atoms with Crippen molar-refractivity contribution in [3.8, 4) is 0 Å². The van der Waals surface area contributed by atoms with Crippen LogP contribution in [0.25, 0.3) is 10.2 Å². The van der Waals surface area contributed by atoms with Gasteiger partial charge in [-0.05, 0) is 63.0 Å². The number of amides is 2. The molecule has 3 rings (SSSR count). The zero-order valence-corrected chi connectivity index (χ0v) is 19.6. The van der Waals surface area contributed by atoms with Gasteiger partial charge in [-0.25, -0.2) is 4.98 Å². The minimum Gasteiger partial charge on any atom is -0.383 e. The zero-order chi connectivity index (χ0) is 22.4. The normalized spacial score (nSPS) is 19.4. The zero-order valence-electron chi connectivity index (χ0n) is 18.8. The van der Waals surface area contributed by atoms with Gasteiger partial charge in [0, 0.05) is 38.9 Å². The molecule has 7 nitrogen and oxygen atoms in total. The summed E-state index contributed by atoms with van der Waals surface area (Å²) in [6.45, 7) is 5.18. The van der Waals surface area contributed by atoms with Crippen molar-refractivity contribution in [3.05, 3.63) is 28.8 Å². The summed E-state index contributed by atoms with van der Waals surface area (Å²) in [6.07, 6.45) is 5.79. The molecule has 170 valence electrons. The lowest BCUT2D eigenvalue weighted by atomic mass is 9.78. The van der Waals surface area contributed by atoms with Gasteiger partial charge >= 0.3 is 0 Å². The Morgan fingerprint density at radius 2 is 1.94 bits per heavy atom. The lowest BCUT2D eigenvalue weighted by Crippen LogP contribution is -2.45. The Hall–Kier alpha value is -2.03. The first-order chi connectivity index (χ1) is 14.9. The van der Waals surface area contributed by atoms with E-state index in [4.69, 9.17) is 9.47 Å². The maximum absolute atomic E-state index is 12.9. The second-order valence-corrected chi connectivity index (χ2v) is 9.59. The van der Waals surface area contributed by atoms with Crippen LogP contribution in [0.3, 0.4) is 0 Å². The molecule has 0 aromatic carbocycles. The molecule has 8 heteroatoms. The molecule has 1 aliphatic rings. The van der Waals surface area contributed by atoms with Crippen molar-refractivity contribution < 1.29 is 19.1 Å². The molecule has 0 atom stereocenters. The Balaban J connectivity index is 1.68. The molecule has 1 saturated carbocycles. The second kappa shape index (κ2) is 10.5. The quantitative estimate of drug-likeness (QED) is 0.575. The maximum Gasteiger partial charge on any atom is 0.261 e. The van der Waals surface area contributed by atoms with Gasteiger partial charge in [0.2, 0.25) is 0 Å². The van der Waals surface area contributed by atoms with Gasteiger partial charge in [0.25, 0.3) is 11.8 Å². The predicted octanol–water partition coefficient (Wildman–Crippen LogP) is 3.49. The SMILES string of the molecule is COCCNC(=O)c1sc2ncccc2c1C1CCC(CNC(=O)C(C)(C)OC)CC1. The molecular weight excluding hydrogens is 414 g/mol. The molecule has 2 N–H and O–H groups in total. The molecule has 2 aromatic heterocycles. The van der Waals surface area contributed by atoms with Gasteiger partial charge in [0.15, 0.2) is 0 Å². The third kappa shape index (κ3) is 5.61. The van der Waals surface area contributed by atoms with E-state index in [0.29, 0.717) is 31.5 Å². The number of ether oxygens (including phenoxy) is 2. The smallest absolute Gasteiger partial charge is 0.261 e. The largest absolute Gasteiger partial charge is 0.383 e. The first-order valence-corrected chi connectivity index (χ1v) is 11.7. The average molecular weight is 448 g/mol. The molecule has 31 heavy (non-hydrogen) atoms. The van der Waals surface area contributed by atoms with Crippen LogP contribution in [-0.4, -0.2) is 56.3 Å². The lowest BCUT2D eigenvalue weighted by molar-refractivity contribution is -0.139. The van der Waals surface area contributed by atoms with E-state index in [1.54, 1.807) is 34.3 Å². The van der Waals surface area contributed by atoms with Crippen LogP contribution < -0.4 is 10.6 Å². The van der Waals surface area contributed by atoms with Gasteiger partial charge in [-0.1, -0.05) is 6.07 Å². The summed E-state index contributed by atoms with van der Waals surface area (Å²) in [6, 6.07) is 4.00. The molecule has 0 saturated heterocycles. The Morgan fingerprint density at radius 1 is 1.19 bits per heavy atom. The maximum atomic E-state index is 12.9. The number of nitrogens with zero attached hydrogens (tertiary/aromatic N) is 1. The molecule has 0 spiro atoms. The third-order valence-electron chi connectivity index (χ3n) is 6.17. The highest BCUT2D eigenvalue weighted by molar-refractivity contribution is 7.20. The molecular formula is C23H33N3O4S. The van der Waals surface area contributed by atoms with Crippen LogP contribution in [0, 0.1) is 5.92 Å². The van der Waals surface area contributed by atoms with Crippen molar-refractivity contribution >= 4 is 33.4 Å². The summed E-state index contributed by atoms with van der Waals surface area (Å²) >= 11 is 1.47. The van der Waals surface area contributed by atoms with Crippen LogP contribution in [0.4, 0.5) is 0 Å². The van der Waals surface area contributed by atoms with Crippen molar-refractivity contribution in [2.45, 2.75) is 51.0 Å². The number of hydrogen-bond donors (Lipinski definition) is 2. The average Bonchev–Trinajstić information content (AvgIpc) is 3.17. The van der Waals surface area contributed by atoms with E-state index in [-0.39, 0.29) is 11.8 Å². The highest BCUT2D eigenvalue weighted by atomic mass is 32.1. The van der Waals surface area contributed by atoms with Crippen LogP contribution >= 0.6 is 11.3 Å². The van der Waals surface area contributed by atoms with Crippen molar-refractivity contribution in [3.63, 3.8) is 0 Å². The molecule has 0 bridgehead atoms. The van der Waals surface area contributed by atoms with E-state index in [2.05, 4.69) is 21.7 Å². The predicted molar refractivity (Wildman–Crippen MR) is 123 cm³/mol. The molecule has 0 unspecified atom stereocenters. The van der Waals surface area contributed by atoms with Gasteiger partial charge < -0.3 is 20.1 Å². The van der Waals surface area contributed by atoms with E-state index in [1.807, 2.05) is 6.07 Å². The molecule has 2 amide bonds. The number of pyridine rings is 1. The van der Waals surface area contributed by atoms with Crippen molar-refractivity contribution in [2.75, 3.05) is 33.9 Å². The fraction of sp³-hybridized carbons (Fsp3) is 0.609. The number of carbonyl (C=O) groups excluding carboxylic acids is 2. The number of hydrogen-bond acceptors (Lipinski definition) is 6. The van der Waals surface area contributed by atoms with Gasteiger partial charge in [-0.15, -0.1) is 11.3 Å². The van der Waals surface area contributed by atoms with Crippen LogP contribution in [0.5, 0.6) is 0 Å². The summed E-state index contributed by atoms with van der Waals surface area (Å²) in [7, 11) is 3.17. The fourth-order valence-electron chi connectivity index (χ4n) is 4.07. The summed E-state index contributed by atoms with van der Waals surface area (Å²) < 4.78 is 10.3. The first-order valence-electron chi connectivity index (χ1n) is 10.8. The van der Waals surface area contributed by atoms with Crippen molar-refractivity contribution in [2.24, 2.45) is 5.92 Å². The van der Waals surface area contributed by atoms with Crippen LogP contribution in [0.1, 0.15) is 60.7 Å². The van der Waals surface area contributed by atoms with Gasteiger partial charge in [-0.2, -0.15) is 0 Å². The summed E-state index contributed by atoms with van der Waals surface area (Å²) in [5.74, 6) is 0.631.